The molecule has 1 saturated heterocycles. The van der Waals surface area contributed by atoms with Crippen LogP contribution in [-0.4, -0.2) is 30.0 Å². The van der Waals surface area contributed by atoms with Gasteiger partial charge < -0.3 is 25.8 Å². The van der Waals surface area contributed by atoms with Gasteiger partial charge in [0.15, 0.2) is 17.0 Å². The van der Waals surface area contributed by atoms with Gasteiger partial charge in [0.1, 0.15) is 17.4 Å². The molecule has 0 atom stereocenters. The number of nitrogen functional groups attached to an aromatic ring is 1. The highest BCUT2D eigenvalue weighted by molar-refractivity contribution is 6.15. The van der Waals surface area contributed by atoms with Gasteiger partial charge >= 0.3 is 0 Å². The number of hydrogen-bond donors (Lipinski definition) is 3. The summed E-state index contributed by atoms with van der Waals surface area (Å²) in [6.07, 6.45) is 1.42. The summed E-state index contributed by atoms with van der Waals surface area (Å²) in [5.41, 5.74) is 4.55. The minimum absolute atomic E-state index is 0.0793. The van der Waals surface area contributed by atoms with E-state index < -0.39 is 28.9 Å². The Hall–Kier alpha value is -4.05. The zero-order valence-electron chi connectivity index (χ0n) is 16.6. The molecule has 0 saturated carbocycles. The van der Waals surface area contributed by atoms with Crippen molar-refractivity contribution in [2.45, 2.75) is 0 Å². The third kappa shape index (κ3) is 4.35. The highest BCUT2D eigenvalue weighted by atomic mass is 19.1. The van der Waals surface area contributed by atoms with Crippen LogP contribution >= 0.6 is 0 Å². The number of benzene rings is 2. The lowest BCUT2D eigenvalue weighted by Crippen LogP contribution is -2.59. The number of hydrogen-bond acceptors (Lipinski definition) is 6. The predicted octanol–water partition coefficient (Wildman–Crippen LogP) is 3.33. The summed E-state index contributed by atoms with van der Waals surface area (Å²) in [7, 11) is 0. The maximum absolute atomic E-state index is 14.5. The minimum Gasteiger partial charge on any atom is -0.454 e. The smallest absolute Gasteiger partial charge is 0.244 e. The highest BCUT2D eigenvalue weighted by Gasteiger charge is 2.52. The number of nitrogens with zero attached hydrogens (tertiary/aromatic N) is 1. The Kier molecular flexibility index (Phi) is 5.69. The van der Waals surface area contributed by atoms with E-state index in [9.17, 15) is 18.4 Å². The SMILES string of the molecule is Nc1cc(Oc2ccc(NC(=O)C3(C(=O)Nc4ccc(F)cc4)COC3)cc2F)ccn1. The van der Waals surface area contributed by atoms with E-state index in [2.05, 4.69) is 15.6 Å². The van der Waals surface area contributed by atoms with Crippen molar-refractivity contribution < 1.29 is 27.8 Å². The first-order valence-corrected chi connectivity index (χ1v) is 9.51. The maximum Gasteiger partial charge on any atom is 0.244 e. The molecule has 1 fully saturated rings. The maximum atomic E-state index is 14.5. The van der Waals surface area contributed by atoms with Crippen molar-refractivity contribution >= 4 is 29.0 Å². The summed E-state index contributed by atoms with van der Waals surface area (Å²) >= 11 is 0. The normalized spacial score (nSPS) is 14.2. The molecule has 2 amide bonds. The zero-order chi connectivity index (χ0) is 22.7. The summed E-state index contributed by atoms with van der Waals surface area (Å²) in [5.74, 6) is -2.00. The summed E-state index contributed by atoms with van der Waals surface area (Å²) in [6, 6.07) is 11.9. The molecule has 1 aliphatic heterocycles. The van der Waals surface area contributed by atoms with Crippen LogP contribution < -0.4 is 21.1 Å². The van der Waals surface area contributed by atoms with E-state index >= 15 is 0 Å². The fraction of sp³-hybridized carbons (Fsp3) is 0.136. The van der Waals surface area contributed by atoms with Gasteiger partial charge in [-0.25, -0.2) is 13.8 Å². The second-order valence-electron chi connectivity index (χ2n) is 7.15. The molecule has 0 bridgehead atoms. The monoisotopic (exact) mass is 440 g/mol. The summed E-state index contributed by atoms with van der Waals surface area (Å²) in [5, 5.41) is 5.11. The van der Waals surface area contributed by atoms with Crippen LogP contribution in [0.25, 0.3) is 0 Å². The molecule has 1 aromatic heterocycles. The molecule has 0 radical (unpaired) electrons. The van der Waals surface area contributed by atoms with E-state index in [0.29, 0.717) is 11.4 Å². The molecule has 4 rings (SSSR count). The summed E-state index contributed by atoms with van der Waals surface area (Å²) < 4.78 is 38.1. The van der Waals surface area contributed by atoms with Gasteiger partial charge in [0.2, 0.25) is 11.8 Å². The van der Waals surface area contributed by atoms with Crippen LogP contribution in [0, 0.1) is 17.0 Å². The number of nitrogens with one attached hydrogen (secondary N) is 2. The van der Waals surface area contributed by atoms with E-state index in [-0.39, 0.29) is 30.5 Å². The number of rotatable bonds is 6. The van der Waals surface area contributed by atoms with Crippen LogP contribution in [0.3, 0.4) is 0 Å². The van der Waals surface area contributed by atoms with Gasteiger partial charge in [0.05, 0.1) is 13.2 Å². The Balaban J connectivity index is 1.45. The third-order valence-corrected chi connectivity index (χ3v) is 4.84. The molecular weight excluding hydrogens is 422 g/mol. The van der Waals surface area contributed by atoms with Crippen molar-refractivity contribution in [3.8, 4) is 11.5 Å². The number of pyridine rings is 1. The fourth-order valence-electron chi connectivity index (χ4n) is 2.99. The molecule has 4 N–H and O–H groups in total. The zero-order valence-corrected chi connectivity index (χ0v) is 16.6. The number of amides is 2. The van der Waals surface area contributed by atoms with E-state index in [1.807, 2.05) is 0 Å². The lowest BCUT2D eigenvalue weighted by atomic mass is 9.83. The molecule has 3 aromatic rings. The molecule has 0 aliphatic carbocycles. The van der Waals surface area contributed by atoms with Crippen LogP contribution in [-0.2, 0) is 14.3 Å². The first kappa shape index (κ1) is 21.2. The Bertz CT molecular complexity index is 1170. The van der Waals surface area contributed by atoms with Crippen LogP contribution in [0.2, 0.25) is 0 Å². The van der Waals surface area contributed by atoms with Crippen molar-refractivity contribution in [3.05, 3.63) is 72.4 Å². The van der Waals surface area contributed by atoms with Crippen LogP contribution in [0.5, 0.6) is 11.5 Å². The van der Waals surface area contributed by atoms with Crippen molar-refractivity contribution in [1.29, 1.82) is 0 Å². The summed E-state index contributed by atoms with van der Waals surface area (Å²) in [4.78, 5) is 29.4. The largest absolute Gasteiger partial charge is 0.454 e. The van der Waals surface area contributed by atoms with Crippen LogP contribution in [0.15, 0.2) is 60.8 Å². The van der Waals surface area contributed by atoms with E-state index in [4.69, 9.17) is 15.2 Å². The van der Waals surface area contributed by atoms with Crippen molar-refractivity contribution in [2.75, 3.05) is 29.6 Å². The molecule has 1 aliphatic rings. The number of carbonyl (C=O) groups excluding carboxylic acids is 2. The number of carbonyl (C=O) groups is 2. The van der Waals surface area contributed by atoms with Crippen molar-refractivity contribution in [3.63, 3.8) is 0 Å². The van der Waals surface area contributed by atoms with Crippen molar-refractivity contribution in [2.24, 2.45) is 5.41 Å². The average Bonchev–Trinajstić information content (AvgIpc) is 2.71. The van der Waals surface area contributed by atoms with Crippen LogP contribution in [0.4, 0.5) is 26.0 Å². The lowest BCUT2D eigenvalue weighted by molar-refractivity contribution is -0.166. The van der Waals surface area contributed by atoms with Gasteiger partial charge in [-0.3, -0.25) is 9.59 Å². The topological polar surface area (TPSA) is 116 Å². The number of halogens is 2. The first-order valence-electron chi connectivity index (χ1n) is 9.51. The average molecular weight is 440 g/mol. The van der Waals surface area contributed by atoms with Gasteiger partial charge in [0.25, 0.3) is 0 Å². The third-order valence-electron chi connectivity index (χ3n) is 4.84. The predicted molar refractivity (Wildman–Crippen MR) is 112 cm³/mol. The number of aromatic nitrogens is 1. The molecule has 0 spiro atoms. The molecule has 0 unspecified atom stereocenters. The highest BCUT2D eigenvalue weighted by Crippen LogP contribution is 2.32. The van der Waals surface area contributed by atoms with Gasteiger partial charge in [-0.2, -0.15) is 0 Å². The molecular formula is C22H18F2N4O4. The minimum atomic E-state index is -1.49. The number of anilines is 3. The van der Waals surface area contributed by atoms with Gasteiger partial charge in [0, 0.05) is 29.7 Å². The molecule has 164 valence electrons. The Morgan fingerprint density at radius 1 is 0.969 bits per heavy atom. The first-order chi connectivity index (χ1) is 15.4. The Labute approximate surface area is 181 Å². The van der Waals surface area contributed by atoms with E-state index in [1.165, 1.54) is 54.7 Å². The number of nitrogens with two attached hydrogens (primary N) is 1. The second kappa shape index (κ2) is 8.60. The molecule has 32 heavy (non-hydrogen) atoms. The van der Waals surface area contributed by atoms with Gasteiger partial charge in [-0.15, -0.1) is 0 Å². The van der Waals surface area contributed by atoms with Crippen LogP contribution in [0.1, 0.15) is 0 Å². The Morgan fingerprint density at radius 3 is 2.22 bits per heavy atom. The van der Waals surface area contributed by atoms with Gasteiger partial charge in [-0.05, 0) is 42.5 Å². The Morgan fingerprint density at radius 2 is 1.62 bits per heavy atom. The standard InChI is InChI=1S/C22H18F2N4O4/c23-13-1-3-14(4-2-13)27-20(29)22(11-31-12-22)21(30)28-15-5-6-18(17(24)9-15)32-16-7-8-26-19(25)10-16/h1-10H,11-12H2,(H2,25,26)(H,27,29)(H,28,30). The second-order valence-corrected chi connectivity index (χ2v) is 7.15. The van der Waals surface area contributed by atoms with E-state index in [0.717, 1.165) is 6.07 Å². The quantitative estimate of drug-likeness (QED) is 0.507. The fourth-order valence-corrected chi connectivity index (χ4v) is 2.99. The van der Waals surface area contributed by atoms with Gasteiger partial charge in [-0.1, -0.05) is 0 Å². The molecule has 10 heteroatoms. The molecule has 2 heterocycles. The molecule has 8 nitrogen and oxygen atoms in total. The summed E-state index contributed by atoms with van der Waals surface area (Å²) in [6.45, 7) is -0.280. The van der Waals surface area contributed by atoms with Crippen molar-refractivity contribution in [1.82, 2.24) is 4.98 Å². The molecule has 2 aromatic carbocycles. The number of ether oxygens (including phenoxy) is 2. The van der Waals surface area contributed by atoms with E-state index in [1.54, 1.807) is 0 Å². The lowest BCUT2D eigenvalue weighted by Gasteiger charge is -2.38.